The molecule has 0 aliphatic heterocycles. The zero-order valence-electron chi connectivity index (χ0n) is 7.65. The molecule has 2 aromatic carbocycles. The lowest BCUT2D eigenvalue weighted by Crippen LogP contribution is -1.97. The number of rotatable bonds is 2. The topological polar surface area (TPSA) is 20.2 Å². The Morgan fingerprint density at radius 3 is 2.50 bits per heavy atom. The number of hydrogen-bond donors (Lipinski definition) is 1. The number of aliphatic hydroxyl groups excluding tert-OH is 1. The Bertz CT molecular complexity index is 439. The summed E-state index contributed by atoms with van der Waals surface area (Å²) in [6, 6.07) is 14.3. The van der Waals surface area contributed by atoms with Gasteiger partial charge in [0.1, 0.15) is 0 Å². The molecular weight excluding hydrogens is 287 g/mol. The van der Waals surface area contributed by atoms with Crippen LogP contribution in [0.5, 0.6) is 0 Å². The van der Waals surface area contributed by atoms with E-state index in [1.807, 2.05) is 18.2 Å². The molecule has 0 saturated carbocycles. The van der Waals surface area contributed by atoms with Gasteiger partial charge in [0.25, 0.3) is 0 Å². The summed E-state index contributed by atoms with van der Waals surface area (Å²) in [5.74, 6) is 0. The first-order valence-electron chi connectivity index (χ1n) is 4.54. The monoisotopic (exact) mass is 298 g/mol. The third-order valence-corrected chi connectivity index (χ3v) is 3.14. The second kappa shape index (κ2) is 4.28. The first-order chi connectivity index (χ1) is 6.81. The van der Waals surface area contributed by atoms with Crippen LogP contribution in [0.15, 0.2) is 42.5 Å². The number of halogens is 1. The molecular formula is C12H11IO. The Morgan fingerprint density at radius 2 is 1.79 bits per heavy atom. The van der Waals surface area contributed by atoms with Crippen molar-refractivity contribution >= 4 is 33.4 Å². The molecule has 0 fully saturated rings. The largest absolute Gasteiger partial charge is 0.388 e. The standard InChI is InChI=1S/C12H11IO/c13-8-12(14)11-6-5-9-3-1-2-4-10(9)7-11/h1-7,12,14H,8H2. The highest BCUT2D eigenvalue weighted by Gasteiger charge is 2.05. The SMILES string of the molecule is OC(CI)c1ccc2ccccc2c1. The molecule has 0 radical (unpaired) electrons. The molecule has 1 nitrogen and oxygen atoms in total. The van der Waals surface area contributed by atoms with Crippen molar-refractivity contribution < 1.29 is 5.11 Å². The lowest BCUT2D eigenvalue weighted by atomic mass is 10.0. The van der Waals surface area contributed by atoms with E-state index >= 15 is 0 Å². The van der Waals surface area contributed by atoms with Gasteiger partial charge in [0.2, 0.25) is 0 Å². The van der Waals surface area contributed by atoms with E-state index in [0.29, 0.717) is 0 Å². The van der Waals surface area contributed by atoms with Crippen molar-refractivity contribution in [2.75, 3.05) is 4.43 Å². The normalized spacial score (nSPS) is 13.0. The lowest BCUT2D eigenvalue weighted by molar-refractivity contribution is 0.207. The molecule has 1 N–H and O–H groups in total. The van der Waals surface area contributed by atoms with Crippen molar-refractivity contribution in [1.29, 1.82) is 0 Å². The number of fused-ring (bicyclic) bond motifs is 1. The minimum absolute atomic E-state index is 0.347. The summed E-state index contributed by atoms with van der Waals surface area (Å²) in [5.41, 5.74) is 0.998. The van der Waals surface area contributed by atoms with Crippen LogP contribution in [0.25, 0.3) is 10.8 Å². The molecule has 0 aliphatic rings. The van der Waals surface area contributed by atoms with Gasteiger partial charge in [-0.25, -0.2) is 0 Å². The summed E-state index contributed by atoms with van der Waals surface area (Å²) >= 11 is 2.19. The van der Waals surface area contributed by atoms with E-state index in [1.54, 1.807) is 0 Å². The van der Waals surface area contributed by atoms with Crippen molar-refractivity contribution in [2.24, 2.45) is 0 Å². The van der Waals surface area contributed by atoms with E-state index in [0.717, 1.165) is 9.99 Å². The van der Waals surface area contributed by atoms with Crippen LogP contribution in [0.3, 0.4) is 0 Å². The van der Waals surface area contributed by atoms with Crippen LogP contribution in [0, 0.1) is 0 Å². The quantitative estimate of drug-likeness (QED) is 0.666. The number of benzene rings is 2. The van der Waals surface area contributed by atoms with Crippen LogP contribution in [-0.2, 0) is 0 Å². The molecule has 0 spiro atoms. The number of hydrogen-bond acceptors (Lipinski definition) is 1. The Hall–Kier alpha value is -0.610. The average molecular weight is 298 g/mol. The fraction of sp³-hybridized carbons (Fsp3) is 0.167. The van der Waals surface area contributed by atoms with Crippen LogP contribution < -0.4 is 0 Å². The molecule has 72 valence electrons. The van der Waals surface area contributed by atoms with E-state index in [-0.39, 0.29) is 6.10 Å². The maximum atomic E-state index is 9.68. The van der Waals surface area contributed by atoms with Crippen molar-refractivity contribution in [3.05, 3.63) is 48.0 Å². The summed E-state index contributed by atoms with van der Waals surface area (Å²) < 4.78 is 0.732. The first-order valence-corrected chi connectivity index (χ1v) is 6.06. The summed E-state index contributed by atoms with van der Waals surface area (Å²) in [6.45, 7) is 0. The molecule has 1 atom stereocenters. The van der Waals surface area contributed by atoms with Gasteiger partial charge in [-0.2, -0.15) is 0 Å². The predicted octanol–water partition coefficient (Wildman–Crippen LogP) is 3.31. The predicted molar refractivity (Wildman–Crippen MR) is 67.8 cm³/mol. The van der Waals surface area contributed by atoms with E-state index in [2.05, 4.69) is 46.9 Å². The van der Waals surface area contributed by atoms with Gasteiger partial charge in [-0.05, 0) is 22.4 Å². The van der Waals surface area contributed by atoms with Crippen molar-refractivity contribution in [3.63, 3.8) is 0 Å². The van der Waals surface area contributed by atoms with Crippen LogP contribution in [0.4, 0.5) is 0 Å². The Morgan fingerprint density at radius 1 is 1.07 bits per heavy atom. The van der Waals surface area contributed by atoms with Gasteiger partial charge >= 0.3 is 0 Å². The zero-order valence-corrected chi connectivity index (χ0v) is 9.81. The molecule has 14 heavy (non-hydrogen) atoms. The van der Waals surface area contributed by atoms with Crippen molar-refractivity contribution in [1.82, 2.24) is 0 Å². The summed E-state index contributed by atoms with van der Waals surface area (Å²) in [5, 5.41) is 12.1. The minimum Gasteiger partial charge on any atom is -0.388 e. The van der Waals surface area contributed by atoms with Crippen molar-refractivity contribution in [3.8, 4) is 0 Å². The Labute approximate surface area is 96.9 Å². The fourth-order valence-electron chi connectivity index (χ4n) is 1.50. The highest BCUT2D eigenvalue weighted by Crippen LogP contribution is 2.21. The second-order valence-corrected chi connectivity index (χ2v) is 4.16. The summed E-state index contributed by atoms with van der Waals surface area (Å²) in [6.07, 6.45) is -0.347. The van der Waals surface area contributed by atoms with E-state index in [1.165, 1.54) is 10.8 Å². The summed E-state index contributed by atoms with van der Waals surface area (Å²) in [4.78, 5) is 0. The highest BCUT2D eigenvalue weighted by atomic mass is 127. The molecule has 0 heterocycles. The van der Waals surface area contributed by atoms with Gasteiger partial charge in [0, 0.05) is 4.43 Å². The third-order valence-electron chi connectivity index (χ3n) is 2.30. The van der Waals surface area contributed by atoms with Gasteiger partial charge in [-0.1, -0.05) is 59.0 Å². The molecule has 2 rings (SSSR count). The average Bonchev–Trinajstić information content (AvgIpc) is 2.27. The van der Waals surface area contributed by atoms with E-state index < -0.39 is 0 Å². The maximum absolute atomic E-state index is 9.68. The maximum Gasteiger partial charge on any atom is 0.0879 e. The van der Waals surface area contributed by atoms with Gasteiger partial charge in [0.15, 0.2) is 0 Å². The second-order valence-electron chi connectivity index (χ2n) is 3.28. The van der Waals surface area contributed by atoms with Gasteiger partial charge in [-0.3, -0.25) is 0 Å². The van der Waals surface area contributed by atoms with E-state index in [4.69, 9.17) is 0 Å². The smallest absolute Gasteiger partial charge is 0.0879 e. The van der Waals surface area contributed by atoms with E-state index in [9.17, 15) is 5.11 Å². The first kappa shape index (κ1) is 9.93. The molecule has 0 aliphatic carbocycles. The minimum atomic E-state index is -0.347. The molecule has 2 heteroatoms. The molecule has 0 bridgehead atoms. The molecule has 0 aromatic heterocycles. The lowest BCUT2D eigenvalue weighted by Gasteiger charge is -2.08. The molecule has 0 amide bonds. The third kappa shape index (κ3) is 1.91. The highest BCUT2D eigenvalue weighted by molar-refractivity contribution is 14.1. The number of aliphatic hydroxyl groups is 1. The van der Waals surface area contributed by atoms with Crippen molar-refractivity contribution in [2.45, 2.75) is 6.10 Å². The fourth-order valence-corrected chi connectivity index (χ4v) is 2.01. The van der Waals surface area contributed by atoms with Gasteiger partial charge in [0.05, 0.1) is 6.10 Å². The van der Waals surface area contributed by atoms with Crippen LogP contribution in [0.2, 0.25) is 0 Å². The molecule has 1 unspecified atom stereocenters. The summed E-state index contributed by atoms with van der Waals surface area (Å²) in [7, 11) is 0. The van der Waals surface area contributed by atoms with Crippen LogP contribution in [0.1, 0.15) is 11.7 Å². The van der Waals surface area contributed by atoms with Crippen LogP contribution in [-0.4, -0.2) is 9.53 Å². The number of alkyl halides is 1. The zero-order chi connectivity index (χ0) is 9.97. The Balaban J connectivity index is 2.51. The van der Waals surface area contributed by atoms with Gasteiger partial charge < -0.3 is 5.11 Å². The molecule has 2 aromatic rings. The van der Waals surface area contributed by atoms with Gasteiger partial charge in [-0.15, -0.1) is 0 Å². The van der Waals surface area contributed by atoms with Crippen LogP contribution >= 0.6 is 22.6 Å². The Kier molecular flexibility index (Phi) is 3.03. The molecule has 0 saturated heterocycles.